The van der Waals surface area contributed by atoms with Crippen LogP contribution >= 0.6 is 0 Å². The number of aliphatic imine (C=N–C) groups is 2. The van der Waals surface area contributed by atoms with Crippen molar-refractivity contribution >= 4 is 24.0 Å². The minimum Gasteiger partial charge on any atom is -0.512 e. The number of aliphatic hydroxyl groups excluding tert-OH is 2. The van der Waals surface area contributed by atoms with Crippen molar-refractivity contribution < 1.29 is 36.6 Å². The zero-order valence-electron chi connectivity index (χ0n) is 24.6. The van der Waals surface area contributed by atoms with E-state index in [1.807, 2.05) is 41.5 Å². The van der Waals surface area contributed by atoms with Crippen molar-refractivity contribution in [2.75, 3.05) is 0 Å². The van der Waals surface area contributed by atoms with Gasteiger partial charge in [0.05, 0.1) is 11.1 Å². The number of rotatable bonds is 9. The third-order valence-electron chi connectivity index (χ3n) is 6.63. The van der Waals surface area contributed by atoms with Gasteiger partial charge in [0.1, 0.15) is 23.6 Å². The summed E-state index contributed by atoms with van der Waals surface area (Å²) in [5.74, 6) is -0.828. The molecule has 0 bridgehead atoms. The molecule has 0 amide bonds. The van der Waals surface area contributed by atoms with Crippen LogP contribution in [-0.2, 0) is 26.4 Å². The Bertz CT molecular complexity index is 1220. The Balaban J connectivity index is 0.00000760. The number of ketones is 2. The maximum absolute atomic E-state index is 12.3. The van der Waals surface area contributed by atoms with E-state index in [-0.39, 0.29) is 51.0 Å². The molecule has 0 aliphatic heterocycles. The Labute approximate surface area is 242 Å². The molecule has 39 heavy (non-hydrogen) atoms. The number of allylic oxidation sites excluding steroid dienone is 4. The molecule has 0 aromatic heterocycles. The Hall–Kier alpha value is -3.29. The summed E-state index contributed by atoms with van der Waals surface area (Å²) in [6.45, 7) is 17.8. The Morgan fingerprint density at radius 3 is 1.08 bits per heavy atom. The van der Waals surface area contributed by atoms with Gasteiger partial charge >= 0.3 is 0 Å². The minimum absolute atomic E-state index is 0. The molecular weight excluding hydrogens is 535 g/mol. The van der Waals surface area contributed by atoms with Gasteiger partial charge in [-0.05, 0) is 103 Å². The third-order valence-corrected chi connectivity index (χ3v) is 6.63. The van der Waals surface area contributed by atoms with E-state index < -0.39 is 12.1 Å². The van der Waals surface area contributed by atoms with Crippen molar-refractivity contribution in [1.82, 2.24) is 0 Å². The summed E-state index contributed by atoms with van der Waals surface area (Å²) in [6.07, 6.45) is 2.84. The number of aliphatic hydroxyl groups is 2. The molecule has 2 N–H and O–H groups in total. The van der Waals surface area contributed by atoms with E-state index >= 15 is 0 Å². The summed E-state index contributed by atoms with van der Waals surface area (Å²) >= 11 is 0. The molecule has 2 aromatic rings. The van der Waals surface area contributed by atoms with Gasteiger partial charge in [-0.2, -0.15) is 0 Å². The summed E-state index contributed by atoms with van der Waals surface area (Å²) in [7, 11) is 0. The zero-order chi connectivity index (χ0) is 28.9. The van der Waals surface area contributed by atoms with E-state index in [9.17, 15) is 19.8 Å². The van der Waals surface area contributed by atoms with E-state index in [2.05, 4.69) is 24.3 Å². The quantitative estimate of drug-likeness (QED) is 0.186. The molecule has 211 valence electrons. The van der Waals surface area contributed by atoms with Crippen LogP contribution in [0.5, 0.6) is 0 Å². The Kier molecular flexibility index (Phi) is 12.3. The zero-order valence-corrected chi connectivity index (χ0v) is 25.6. The first-order valence-corrected chi connectivity index (χ1v) is 12.7. The molecule has 0 unspecified atom stereocenters. The van der Waals surface area contributed by atoms with Crippen LogP contribution in [0.15, 0.2) is 56.9 Å². The molecular formula is C32H40CoN2O4. The van der Waals surface area contributed by atoms with Crippen LogP contribution in [-0.4, -0.2) is 34.2 Å². The molecule has 0 aliphatic rings. The van der Waals surface area contributed by atoms with Crippen LogP contribution in [0.2, 0.25) is 0 Å². The van der Waals surface area contributed by atoms with Gasteiger partial charge in [0.15, 0.2) is 11.6 Å². The van der Waals surface area contributed by atoms with Crippen LogP contribution in [0.3, 0.4) is 0 Å². The molecule has 0 fully saturated rings. The Morgan fingerprint density at radius 1 is 0.615 bits per heavy atom. The van der Waals surface area contributed by atoms with Crippen molar-refractivity contribution in [1.29, 1.82) is 0 Å². The fraction of sp³-hybridized carbons (Fsp3) is 0.375. The van der Waals surface area contributed by atoms with Gasteiger partial charge in [0, 0.05) is 29.2 Å². The van der Waals surface area contributed by atoms with E-state index in [1.165, 1.54) is 40.1 Å². The number of nitrogens with zero attached hydrogens (tertiary/aromatic N) is 2. The summed E-state index contributed by atoms with van der Waals surface area (Å²) in [6, 6.07) is 7.15. The van der Waals surface area contributed by atoms with Crippen LogP contribution in [0.25, 0.3) is 0 Å². The average molecular weight is 576 g/mol. The summed E-state index contributed by atoms with van der Waals surface area (Å²) in [5, 5.41) is 20.3. The van der Waals surface area contributed by atoms with Crippen molar-refractivity contribution in [2.24, 2.45) is 9.98 Å². The Morgan fingerprint density at radius 2 is 0.872 bits per heavy atom. The number of hydrogen-bond acceptors (Lipinski definition) is 6. The molecule has 0 saturated heterocycles. The number of hydrogen-bond donors (Lipinski definition) is 2. The van der Waals surface area contributed by atoms with E-state index in [0.717, 1.165) is 44.5 Å². The molecule has 0 spiro atoms. The molecule has 0 aliphatic carbocycles. The summed E-state index contributed by atoms with van der Waals surface area (Å²) in [4.78, 5) is 34.3. The van der Waals surface area contributed by atoms with E-state index in [1.54, 1.807) is 0 Å². The predicted octanol–water partition coefficient (Wildman–Crippen LogP) is 7.30. The first-order chi connectivity index (χ1) is 17.6. The topological polar surface area (TPSA) is 99.3 Å². The largest absolute Gasteiger partial charge is 0.512 e. The van der Waals surface area contributed by atoms with Crippen LogP contribution < -0.4 is 0 Å². The monoisotopic (exact) mass is 575 g/mol. The number of Topliss-reactive ketones (excluding diaryl/α,β-unsaturated/α-hetero) is 2. The van der Waals surface area contributed by atoms with Gasteiger partial charge < -0.3 is 10.2 Å². The first-order valence-electron chi connectivity index (χ1n) is 12.7. The first kappa shape index (κ1) is 33.7. The van der Waals surface area contributed by atoms with Gasteiger partial charge in [-0.15, -0.1) is 0 Å². The van der Waals surface area contributed by atoms with E-state index in [0.29, 0.717) is 0 Å². The SMILES string of the molecule is CC(=O)/C(C=N[C@H](c1c(C)cc(C)cc1C)[C@H](N=C/C(C(C)=O)=C(/C)O)c1c(C)cc(C)cc1C)=C(/C)O.[Co]. The number of benzene rings is 2. The van der Waals surface area contributed by atoms with Gasteiger partial charge in [-0.3, -0.25) is 19.6 Å². The molecule has 1 radical (unpaired) electrons. The second-order valence-electron chi connectivity index (χ2n) is 10.2. The molecule has 2 atom stereocenters. The minimum atomic E-state index is -0.590. The van der Waals surface area contributed by atoms with Crippen molar-refractivity contribution in [3.05, 3.63) is 91.4 Å². The van der Waals surface area contributed by atoms with Crippen LogP contribution in [0.4, 0.5) is 0 Å². The molecule has 6 nitrogen and oxygen atoms in total. The number of carbonyl (C=O) groups is 2. The molecule has 0 heterocycles. The van der Waals surface area contributed by atoms with Crippen LogP contribution in [0.1, 0.15) is 84.3 Å². The maximum atomic E-state index is 12.3. The smallest absolute Gasteiger partial charge is 0.164 e. The van der Waals surface area contributed by atoms with Gasteiger partial charge in [0.25, 0.3) is 0 Å². The molecule has 7 heteroatoms. The number of carbonyl (C=O) groups excluding carboxylic acids is 2. The van der Waals surface area contributed by atoms with Crippen molar-refractivity contribution in [3.8, 4) is 0 Å². The molecule has 2 rings (SSSR count). The van der Waals surface area contributed by atoms with Crippen molar-refractivity contribution in [2.45, 2.75) is 81.3 Å². The maximum Gasteiger partial charge on any atom is 0.164 e. The molecule has 0 saturated carbocycles. The van der Waals surface area contributed by atoms with Crippen LogP contribution in [0, 0.1) is 41.5 Å². The standard InChI is InChI=1S/C32H40N2O4.Co/c1-17-11-19(3)29(20(4)12-17)31(33-15-27(23(7)35)24(8)36)32(34-16-28(25(9)37)26(10)38)30-21(5)13-18(2)14-22(30)6;/h11-16,31-32,35,37H,1-10H3;/b27-23-,28-25+,33-15?,34-16?;/t31-,32-;/m1./s1. The van der Waals surface area contributed by atoms with Gasteiger partial charge in [0.2, 0.25) is 0 Å². The summed E-state index contributed by atoms with van der Waals surface area (Å²) < 4.78 is 0. The third kappa shape index (κ3) is 8.34. The molecule has 2 aromatic carbocycles. The normalized spacial score (nSPS) is 14.5. The second-order valence-corrected chi connectivity index (χ2v) is 10.2. The van der Waals surface area contributed by atoms with Crippen molar-refractivity contribution in [3.63, 3.8) is 0 Å². The second kappa shape index (κ2) is 14.2. The van der Waals surface area contributed by atoms with Gasteiger partial charge in [-0.1, -0.05) is 35.4 Å². The fourth-order valence-corrected chi connectivity index (χ4v) is 5.13. The van der Waals surface area contributed by atoms with E-state index in [4.69, 9.17) is 9.98 Å². The number of aryl methyl sites for hydroxylation is 6. The fourth-order valence-electron chi connectivity index (χ4n) is 5.13. The average Bonchev–Trinajstić information content (AvgIpc) is 2.74. The predicted molar refractivity (Wildman–Crippen MR) is 156 cm³/mol. The summed E-state index contributed by atoms with van der Waals surface area (Å²) in [5.41, 5.74) is 8.42. The van der Waals surface area contributed by atoms with Gasteiger partial charge in [-0.25, -0.2) is 0 Å².